The number of carbonyl (C=O) groups excluding carboxylic acids is 1. The summed E-state index contributed by atoms with van der Waals surface area (Å²) in [7, 11) is 0. The average molecular weight is 385 g/mol. The highest BCUT2D eigenvalue weighted by molar-refractivity contribution is 6.30. The van der Waals surface area contributed by atoms with Gasteiger partial charge in [0.25, 0.3) is 5.91 Å². The number of rotatable bonds is 6. The molecule has 1 aromatic carbocycles. The second kappa shape index (κ2) is 9.08. The van der Waals surface area contributed by atoms with Crippen LogP contribution < -0.4 is 15.4 Å². The van der Waals surface area contributed by atoms with E-state index in [1.54, 1.807) is 6.07 Å². The number of carbonyl (C=O) groups is 1. The largest absolute Gasteiger partial charge is 0.494 e. The molecule has 1 aliphatic rings. The summed E-state index contributed by atoms with van der Waals surface area (Å²) < 4.78 is 5.60. The molecule has 0 spiro atoms. The van der Waals surface area contributed by atoms with E-state index in [1.807, 2.05) is 19.1 Å². The Morgan fingerprint density at radius 3 is 3.08 bits per heavy atom. The molecular weight excluding hydrogens is 363 g/mol. The Kier molecular flexibility index (Phi) is 7.11. The van der Waals surface area contributed by atoms with Crippen molar-refractivity contribution in [3.8, 4) is 5.75 Å². The Morgan fingerprint density at radius 2 is 2.28 bits per heavy atom. The summed E-state index contributed by atoms with van der Waals surface area (Å²) in [6.07, 6.45) is 1.52. The van der Waals surface area contributed by atoms with Crippen molar-refractivity contribution in [2.24, 2.45) is 0 Å². The topological polar surface area (TPSA) is 79.0 Å². The fourth-order valence-corrected chi connectivity index (χ4v) is 3.04. The van der Waals surface area contributed by atoms with Gasteiger partial charge in [-0.2, -0.15) is 5.10 Å². The van der Waals surface area contributed by atoms with Crippen LogP contribution in [0.3, 0.4) is 0 Å². The van der Waals surface area contributed by atoms with Crippen molar-refractivity contribution in [1.82, 2.24) is 20.8 Å². The Bertz CT molecular complexity index is 733. The third-order valence-electron chi connectivity index (χ3n) is 4.02. The highest BCUT2D eigenvalue weighted by Gasteiger charge is 2.21. The lowest BCUT2D eigenvalue weighted by Crippen LogP contribution is -2.29. The van der Waals surface area contributed by atoms with Crippen molar-refractivity contribution in [1.29, 1.82) is 0 Å². The molecule has 1 aromatic heterocycles. The number of aromatic nitrogens is 2. The summed E-state index contributed by atoms with van der Waals surface area (Å²) in [5, 5.41) is 14.0. The SMILES string of the molecule is CCOc1ccc(Cl)cc1CCNC(=O)c1n[nH]c2c1CNCC2.Cl. The van der Waals surface area contributed by atoms with Gasteiger partial charge in [0, 0.05) is 42.3 Å². The fraction of sp³-hybridized carbons (Fsp3) is 0.412. The lowest BCUT2D eigenvalue weighted by Gasteiger charge is -2.13. The molecule has 0 bridgehead atoms. The third-order valence-corrected chi connectivity index (χ3v) is 4.26. The summed E-state index contributed by atoms with van der Waals surface area (Å²) in [5.74, 6) is 0.647. The lowest BCUT2D eigenvalue weighted by atomic mass is 10.1. The summed E-state index contributed by atoms with van der Waals surface area (Å²) in [6, 6.07) is 5.54. The number of hydrogen-bond donors (Lipinski definition) is 3. The van der Waals surface area contributed by atoms with Gasteiger partial charge in [-0.1, -0.05) is 11.6 Å². The normalized spacial score (nSPS) is 12.9. The summed E-state index contributed by atoms with van der Waals surface area (Å²) in [5.41, 5.74) is 3.48. The first kappa shape index (κ1) is 19.6. The van der Waals surface area contributed by atoms with Crippen LogP contribution in [-0.4, -0.2) is 35.8 Å². The zero-order valence-electron chi connectivity index (χ0n) is 14.0. The zero-order valence-corrected chi connectivity index (χ0v) is 15.6. The fourth-order valence-electron chi connectivity index (χ4n) is 2.85. The second-order valence-electron chi connectivity index (χ2n) is 5.65. The van der Waals surface area contributed by atoms with E-state index in [-0.39, 0.29) is 18.3 Å². The molecule has 0 unspecified atom stereocenters. The number of benzene rings is 1. The van der Waals surface area contributed by atoms with E-state index in [4.69, 9.17) is 16.3 Å². The molecule has 6 nitrogen and oxygen atoms in total. The molecule has 0 radical (unpaired) electrons. The quantitative estimate of drug-likeness (QED) is 0.714. The molecule has 1 aliphatic heterocycles. The van der Waals surface area contributed by atoms with Crippen LogP contribution in [-0.2, 0) is 19.4 Å². The standard InChI is InChI=1S/C17H21ClN4O2.ClH/c1-2-24-15-4-3-12(18)9-11(15)5-8-20-17(23)16-13-10-19-7-6-14(13)21-22-16;/h3-4,9,19H,2,5-8,10H2,1H3,(H,20,23)(H,21,22);1H. The van der Waals surface area contributed by atoms with Crippen molar-refractivity contribution in [2.45, 2.75) is 26.3 Å². The molecule has 3 rings (SSSR count). The molecule has 2 heterocycles. The molecule has 0 fully saturated rings. The predicted octanol–water partition coefficient (Wildman–Crippen LogP) is 2.50. The van der Waals surface area contributed by atoms with Gasteiger partial charge in [-0.25, -0.2) is 0 Å². The highest BCUT2D eigenvalue weighted by Crippen LogP contribution is 2.23. The maximum atomic E-state index is 12.4. The molecular formula is C17H22Cl2N4O2. The minimum atomic E-state index is -0.156. The van der Waals surface area contributed by atoms with E-state index < -0.39 is 0 Å². The van der Waals surface area contributed by atoms with Crippen LogP contribution in [0.4, 0.5) is 0 Å². The van der Waals surface area contributed by atoms with Gasteiger partial charge in [0.2, 0.25) is 0 Å². The van der Waals surface area contributed by atoms with E-state index in [0.717, 1.165) is 35.5 Å². The molecule has 0 saturated heterocycles. The van der Waals surface area contributed by atoms with Gasteiger partial charge in [0.1, 0.15) is 5.75 Å². The van der Waals surface area contributed by atoms with Crippen LogP contribution in [0.25, 0.3) is 0 Å². The number of ether oxygens (including phenoxy) is 1. The van der Waals surface area contributed by atoms with Crippen molar-refractivity contribution in [3.05, 3.63) is 45.7 Å². The van der Waals surface area contributed by atoms with Crippen LogP contribution in [0.5, 0.6) is 5.75 Å². The average Bonchev–Trinajstić information content (AvgIpc) is 3.01. The number of hydrogen-bond acceptors (Lipinski definition) is 4. The van der Waals surface area contributed by atoms with Crippen molar-refractivity contribution in [2.75, 3.05) is 19.7 Å². The molecule has 0 saturated carbocycles. The minimum absolute atomic E-state index is 0. The Hall–Kier alpha value is -1.76. The number of nitrogens with zero attached hydrogens (tertiary/aromatic N) is 1. The van der Waals surface area contributed by atoms with Gasteiger partial charge >= 0.3 is 0 Å². The number of amides is 1. The number of nitrogens with one attached hydrogen (secondary N) is 3. The van der Waals surface area contributed by atoms with Gasteiger partial charge in [-0.3, -0.25) is 9.89 Å². The number of fused-ring (bicyclic) bond motifs is 1. The Labute approximate surface area is 158 Å². The molecule has 0 aliphatic carbocycles. The smallest absolute Gasteiger partial charge is 0.272 e. The van der Waals surface area contributed by atoms with Gasteiger partial charge in [-0.05, 0) is 37.1 Å². The Morgan fingerprint density at radius 1 is 1.44 bits per heavy atom. The molecule has 8 heteroatoms. The maximum absolute atomic E-state index is 12.4. The van der Waals surface area contributed by atoms with E-state index in [0.29, 0.717) is 36.8 Å². The number of halogens is 2. The van der Waals surface area contributed by atoms with Crippen LogP contribution in [0.2, 0.25) is 5.02 Å². The van der Waals surface area contributed by atoms with Gasteiger partial charge in [0.15, 0.2) is 5.69 Å². The van der Waals surface area contributed by atoms with E-state index in [1.165, 1.54) is 0 Å². The van der Waals surface area contributed by atoms with Gasteiger partial charge in [0.05, 0.1) is 6.61 Å². The van der Waals surface area contributed by atoms with Crippen LogP contribution in [0.15, 0.2) is 18.2 Å². The van der Waals surface area contributed by atoms with Crippen molar-refractivity contribution >= 4 is 29.9 Å². The third kappa shape index (κ3) is 4.66. The van der Waals surface area contributed by atoms with Gasteiger partial charge < -0.3 is 15.4 Å². The first-order valence-electron chi connectivity index (χ1n) is 8.15. The lowest BCUT2D eigenvalue weighted by molar-refractivity contribution is 0.0948. The number of H-pyrrole nitrogens is 1. The molecule has 2 aromatic rings. The Balaban J connectivity index is 0.00000225. The monoisotopic (exact) mass is 384 g/mol. The van der Waals surface area contributed by atoms with Crippen LogP contribution in [0, 0.1) is 0 Å². The first-order chi connectivity index (χ1) is 11.7. The summed E-state index contributed by atoms with van der Waals surface area (Å²) in [6.45, 7) is 4.61. The molecule has 136 valence electrons. The minimum Gasteiger partial charge on any atom is -0.494 e. The number of aromatic amines is 1. The zero-order chi connectivity index (χ0) is 16.9. The maximum Gasteiger partial charge on any atom is 0.272 e. The first-order valence-corrected chi connectivity index (χ1v) is 8.53. The van der Waals surface area contributed by atoms with Gasteiger partial charge in [-0.15, -0.1) is 12.4 Å². The van der Waals surface area contributed by atoms with Crippen LogP contribution in [0.1, 0.15) is 34.2 Å². The summed E-state index contributed by atoms with van der Waals surface area (Å²) in [4.78, 5) is 12.4. The molecule has 1 amide bonds. The van der Waals surface area contributed by atoms with Crippen LogP contribution >= 0.6 is 24.0 Å². The molecule has 3 N–H and O–H groups in total. The molecule has 25 heavy (non-hydrogen) atoms. The summed E-state index contributed by atoms with van der Waals surface area (Å²) >= 11 is 6.06. The molecule has 0 atom stereocenters. The second-order valence-corrected chi connectivity index (χ2v) is 6.08. The predicted molar refractivity (Wildman–Crippen MR) is 99.9 cm³/mol. The van der Waals surface area contributed by atoms with Crippen molar-refractivity contribution in [3.63, 3.8) is 0 Å². The van der Waals surface area contributed by atoms with E-state index in [9.17, 15) is 4.79 Å². The highest BCUT2D eigenvalue weighted by atomic mass is 35.5. The van der Waals surface area contributed by atoms with E-state index in [2.05, 4.69) is 20.8 Å². The van der Waals surface area contributed by atoms with E-state index >= 15 is 0 Å². The van der Waals surface area contributed by atoms with Crippen molar-refractivity contribution < 1.29 is 9.53 Å².